The smallest absolute Gasteiger partial charge is 0.421 e. The first-order valence-electron chi connectivity index (χ1n) is 7.13. The van der Waals surface area contributed by atoms with Crippen LogP contribution >= 0.6 is 0 Å². The van der Waals surface area contributed by atoms with Crippen molar-refractivity contribution >= 4 is 0 Å². The van der Waals surface area contributed by atoms with Gasteiger partial charge in [0.1, 0.15) is 5.75 Å². The molecule has 0 radical (unpaired) electrons. The van der Waals surface area contributed by atoms with Crippen LogP contribution in [0.15, 0.2) is 6.07 Å². The van der Waals surface area contributed by atoms with Crippen LogP contribution in [0, 0.1) is 20.8 Å². The number of benzene rings is 1. The van der Waals surface area contributed by atoms with Gasteiger partial charge in [0, 0.05) is 0 Å². The molecule has 0 amide bonds. The molecule has 120 valence electrons. The highest BCUT2D eigenvalue weighted by atomic mass is 19.4. The topological polar surface area (TPSA) is 29.5 Å². The number of aliphatic hydroxyl groups is 1. The molecule has 0 spiro atoms. The fourth-order valence-electron chi connectivity index (χ4n) is 2.56. The Morgan fingerprint density at radius 1 is 1.10 bits per heavy atom. The summed E-state index contributed by atoms with van der Waals surface area (Å²) in [4.78, 5) is 0. The normalized spacial score (nSPS) is 14.9. The molecule has 1 N–H and O–H groups in total. The van der Waals surface area contributed by atoms with E-state index in [4.69, 9.17) is 4.74 Å². The molecule has 5 heteroatoms. The van der Waals surface area contributed by atoms with Crippen molar-refractivity contribution in [3.63, 3.8) is 0 Å². The van der Waals surface area contributed by atoms with Gasteiger partial charge in [-0.2, -0.15) is 13.2 Å². The minimum Gasteiger partial charge on any atom is -0.493 e. The lowest BCUT2D eigenvalue weighted by atomic mass is 9.82. The van der Waals surface area contributed by atoms with Crippen LogP contribution in [0.1, 0.15) is 48.9 Å². The van der Waals surface area contributed by atoms with Gasteiger partial charge in [-0.1, -0.05) is 13.8 Å². The van der Waals surface area contributed by atoms with Gasteiger partial charge in [-0.25, -0.2) is 0 Å². The molecule has 1 atom stereocenters. The van der Waals surface area contributed by atoms with Crippen LogP contribution in [0.2, 0.25) is 0 Å². The summed E-state index contributed by atoms with van der Waals surface area (Å²) in [5.41, 5.74) is -1.41. The molecule has 21 heavy (non-hydrogen) atoms. The van der Waals surface area contributed by atoms with Gasteiger partial charge in [0.05, 0.1) is 6.61 Å². The maximum Gasteiger partial charge on any atom is 0.421 e. The third kappa shape index (κ3) is 3.18. The van der Waals surface area contributed by atoms with E-state index >= 15 is 0 Å². The maximum absolute atomic E-state index is 13.3. The minimum absolute atomic E-state index is 0.0566. The number of halogens is 3. The Morgan fingerprint density at radius 2 is 1.67 bits per heavy atom. The first kappa shape index (κ1) is 17.8. The molecule has 2 nitrogen and oxygen atoms in total. The lowest BCUT2D eigenvalue weighted by molar-refractivity contribution is -0.268. The molecule has 0 heterocycles. The van der Waals surface area contributed by atoms with Crippen molar-refractivity contribution in [3.8, 4) is 5.75 Å². The molecule has 1 rings (SSSR count). The van der Waals surface area contributed by atoms with E-state index in [2.05, 4.69) is 0 Å². The van der Waals surface area contributed by atoms with Gasteiger partial charge in [0.25, 0.3) is 0 Å². The van der Waals surface area contributed by atoms with Crippen LogP contribution in [0.5, 0.6) is 5.75 Å². The zero-order valence-electron chi connectivity index (χ0n) is 13.2. The maximum atomic E-state index is 13.3. The van der Waals surface area contributed by atoms with Crippen LogP contribution < -0.4 is 4.74 Å². The lowest BCUT2D eigenvalue weighted by Crippen LogP contribution is -2.43. The van der Waals surface area contributed by atoms with Crippen molar-refractivity contribution in [1.82, 2.24) is 0 Å². The largest absolute Gasteiger partial charge is 0.493 e. The van der Waals surface area contributed by atoms with E-state index in [1.165, 1.54) is 6.92 Å². The van der Waals surface area contributed by atoms with E-state index in [1.54, 1.807) is 26.8 Å². The zero-order chi connectivity index (χ0) is 16.4. The summed E-state index contributed by atoms with van der Waals surface area (Å²) in [6.45, 7) is 8.70. The summed E-state index contributed by atoms with van der Waals surface area (Å²) < 4.78 is 45.5. The Bertz CT molecular complexity index is 509. The molecule has 0 bridgehead atoms. The van der Waals surface area contributed by atoms with Gasteiger partial charge in [0.2, 0.25) is 0 Å². The van der Waals surface area contributed by atoms with Crippen molar-refractivity contribution in [2.75, 3.05) is 6.61 Å². The van der Waals surface area contributed by atoms with E-state index in [0.717, 1.165) is 6.42 Å². The van der Waals surface area contributed by atoms with Crippen molar-refractivity contribution in [1.29, 1.82) is 0 Å². The van der Waals surface area contributed by atoms with Gasteiger partial charge in [0.15, 0.2) is 5.60 Å². The molecule has 1 unspecified atom stereocenters. The number of alkyl halides is 3. The van der Waals surface area contributed by atoms with Crippen molar-refractivity contribution in [2.45, 2.75) is 59.2 Å². The Labute approximate surface area is 123 Å². The van der Waals surface area contributed by atoms with Gasteiger partial charge < -0.3 is 9.84 Å². The van der Waals surface area contributed by atoms with E-state index in [9.17, 15) is 18.3 Å². The van der Waals surface area contributed by atoms with Gasteiger partial charge in [-0.05, 0) is 61.9 Å². The average molecular weight is 304 g/mol. The molecule has 0 saturated heterocycles. The van der Waals surface area contributed by atoms with Crippen LogP contribution in [0.4, 0.5) is 13.2 Å². The van der Waals surface area contributed by atoms with Crippen LogP contribution in [-0.4, -0.2) is 17.9 Å². The molecular weight excluding hydrogens is 281 g/mol. The predicted molar refractivity (Wildman–Crippen MR) is 76.7 cm³/mol. The first-order chi connectivity index (χ1) is 9.60. The summed E-state index contributed by atoms with van der Waals surface area (Å²) in [5, 5.41) is 10.2. The second kappa shape index (κ2) is 6.26. The second-order valence-corrected chi connectivity index (χ2v) is 5.38. The first-order valence-corrected chi connectivity index (χ1v) is 7.13. The third-order valence-corrected chi connectivity index (χ3v) is 3.90. The highest BCUT2D eigenvalue weighted by Gasteiger charge is 2.55. The molecule has 0 aliphatic rings. The van der Waals surface area contributed by atoms with Gasteiger partial charge in [-0.15, -0.1) is 0 Å². The molecule has 0 fully saturated rings. The summed E-state index contributed by atoms with van der Waals surface area (Å²) in [6, 6.07) is 1.58. The van der Waals surface area contributed by atoms with E-state index < -0.39 is 18.2 Å². The molecule has 1 aromatic carbocycles. The summed E-state index contributed by atoms with van der Waals surface area (Å²) in [5.74, 6) is 0.580. The fraction of sp³-hybridized carbons (Fsp3) is 0.625. The fourth-order valence-corrected chi connectivity index (χ4v) is 2.56. The van der Waals surface area contributed by atoms with Crippen LogP contribution in [0.3, 0.4) is 0 Å². The monoisotopic (exact) mass is 304 g/mol. The molecule has 1 aromatic rings. The van der Waals surface area contributed by atoms with E-state index in [1.807, 2.05) is 6.92 Å². The number of aryl methyl sites for hydroxylation is 1. The second-order valence-electron chi connectivity index (χ2n) is 5.38. The van der Waals surface area contributed by atoms with Crippen LogP contribution in [0.25, 0.3) is 0 Å². The number of hydrogen-bond acceptors (Lipinski definition) is 2. The van der Waals surface area contributed by atoms with Crippen LogP contribution in [-0.2, 0) is 5.60 Å². The molecule has 0 saturated carbocycles. The predicted octanol–water partition coefficient (Wildman–Crippen LogP) is 4.56. The third-order valence-electron chi connectivity index (χ3n) is 3.90. The molecular formula is C16H23F3O2. The number of rotatable bonds is 5. The Hall–Kier alpha value is -1.23. The Morgan fingerprint density at radius 3 is 2.10 bits per heavy atom. The average Bonchev–Trinajstić information content (AvgIpc) is 2.39. The highest BCUT2D eigenvalue weighted by Crippen LogP contribution is 2.45. The molecule has 0 aliphatic carbocycles. The molecule has 0 aromatic heterocycles. The quantitative estimate of drug-likeness (QED) is 0.864. The lowest BCUT2D eigenvalue weighted by Gasteiger charge is -2.33. The van der Waals surface area contributed by atoms with Gasteiger partial charge >= 0.3 is 6.18 Å². The van der Waals surface area contributed by atoms with Crippen molar-refractivity contribution < 1.29 is 23.0 Å². The number of ether oxygens (including phenoxy) is 1. The summed E-state index contributed by atoms with van der Waals surface area (Å²) in [6.07, 6.45) is -4.32. The van der Waals surface area contributed by atoms with Crippen molar-refractivity contribution in [2.24, 2.45) is 0 Å². The molecule has 0 aliphatic heterocycles. The zero-order valence-corrected chi connectivity index (χ0v) is 13.2. The minimum atomic E-state index is -4.71. The number of hydrogen-bond donors (Lipinski definition) is 1. The van der Waals surface area contributed by atoms with E-state index in [-0.39, 0.29) is 5.56 Å². The highest BCUT2D eigenvalue weighted by molar-refractivity contribution is 5.51. The van der Waals surface area contributed by atoms with Gasteiger partial charge in [-0.3, -0.25) is 0 Å². The van der Waals surface area contributed by atoms with Crippen molar-refractivity contribution in [3.05, 3.63) is 28.3 Å². The SMILES string of the molecule is CCCOc1cc(C)c(C(O)(CC)C(F)(F)F)c(C)c1C. The van der Waals surface area contributed by atoms with E-state index in [0.29, 0.717) is 29.0 Å². The standard InChI is InChI=1S/C16H23F3O2/c1-6-8-21-13-9-10(3)14(12(5)11(13)4)15(20,7-2)16(17,18)19/h9,20H,6-8H2,1-5H3. The summed E-state index contributed by atoms with van der Waals surface area (Å²) >= 11 is 0. The Kier molecular flexibility index (Phi) is 5.31. The Balaban J connectivity index is 3.48. The summed E-state index contributed by atoms with van der Waals surface area (Å²) in [7, 11) is 0.